The van der Waals surface area contributed by atoms with Crippen molar-refractivity contribution in [2.24, 2.45) is 0 Å². The standard InChI is InChI=1S/C21H23N5O3/c1-14-22-11-12-26(14)18-10-9-17(13-23-18)24-19(27)15-5-7-16(8-6-15)25-20(28)29-21(2,3)4/h5-13H,1-4H3,(H,24,27)(H,25,28). The Morgan fingerprint density at radius 2 is 1.66 bits per heavy atom. The van der Waals surface area contributed by atoms with Crippen molar-refractivity contribution in [2.45, 2.75) is 33.3 Å². The molecule has 0 aliphatic carbocycles. The summed E-state index contributed by atoms with van der Waals surface area (Å²) in [5.41, 5.74) is 0.989. The molecule has 2 aromatic heterocycles. The van der Waals surface area contributed by atoms with Gasteiger partial charge in [0.15, 0.2) is 0 Å². The maximum Gasteiger partial charge on any atom is 0.412 e. The molecule has 3 aromatic rings. The van der Waals surface area contributed by atoms with E-state index in [4.69, 9.17) is 4.74 Å². The van der Waals surface area contributed by atoms with Gasteiger partial charge in [0.25, 0.3) is 5.91 Å². The number of ether oxygens (including phenoxy) is 1. The van der Waals surface area contributed by atoms with Crippen LogP contribution in [0.25, 0.3) is 5.82 Å². The average Bonchev–Trinajstić information content (AvgIpc) is 3.07. The molecule has 0 bridgehead atoms. The van der Waals surface area contributed by atoms with Gasteiger partial charge in [-0.15, -0.1) is 0 Å². The molecular weight excluding hydrogens is 370 g/mol. The predicted molar refractivity (Wildman–Crippen MR) is 110 cm³/mol. The molecule has 0 fully saturated rings. The fourth-order valence-corrected chi connectivity index (χ4v) is 2.55. The molecule has 29 heavy (non-hydrogen) atoms. The molecule has 0 atom stereocenters. The number of aryl methyl sites for hydroxylation is 1. The highest BCUT2D eigenvalue weighted by Crippen LogP contribution is 2.15. The first kappa shape index (κ1) is 20.1. The average molecular weight is 393 g/mol. The fourth-order valence-electron chi connectivity index (χ4n) is 2.55. The van der Waals surface area contributed by atoms with Crippen molar-refractivity contribution in [3.05, 3.63) is 66.4 Å². The summed E-state index contributed by atoms with van der Waals surface area (Å²) < 4.78 is 7.05. The van der Waals surface area contributed by atoms with Gasteiger partial charge in [-0.05, 0) is 64.1 Å². The molecule has 0 radical (unpaired) electrons. The number of nitrogens with one attached hydrogen (secondary N) is 2. The van der Waals surface area contributed by atoms with Crippen molar-refractivity contribution in [3.63, 3.8) is 0 Å². The summed E-state index contributed by atoms with van der Waals surface area (Å²) in [6, 6.07) is 10.1. The summed E-state index contributed by atoms with van der Waals surface area (Å²) in [4.78, 5) is 32.7. The fraction of sp³-hybridized carbons (Fsp3) is 0.238. The number of amides is 2. The number of benzene rings is 1. The molecule has 3 rings (SSSR count). The lowest BCUT2D eigenvalue weighted by molar-refractivity contribution is 0.0636. The highest BCUT2D eigenvalue weighted by Gasteiger charge is 2.16. The lowest BCUT2D eigenvalue weighted by Gasteiger charge is -2.19. The van der Waals surface area contributed by atoms with Gasteiger partial charge in [-0.3, -0.25) is 14.7 Å². The Morgan fingerprint density at radius 3 is 2.21 bits per heavy atom. The molecule has 0 aliphatic rings. The van der Waals surface area contributed by atoms with Crippen molar-refractivity contribution in [2.75, 3.05) is 10.6 Å². The molecular formula is C21H23N5O3. The molecule has 0 unspecified atom stereocenters. The Bertz CT molecular complexity index is 1000. The summed E-state index contributed by atoms with van der Waals surface area (Å²) in [6.45, 7) is 7.26. The number of aromatic nitrogens is 3. The second-order valence-electron chi connectivity index (χ2n) is 7.41. The van der Waals surface area contributed by atoms with Gasteiger partial charge in [-0.2, -0.15) is 0 Å². The highest BCUT2D eigenvalue weighted by atomic mass is 16.6. The van der Waals surface area contributed by atoms with E-state index in [2.05, 4.69) is 20.6 Å². The van der Waals surface area contributed by atoms with Crippen molar-refractivity contribution < 1.29 is 14.3 Å². The molecule has 8 heteroatoms. The zero-order valence-electron chi connectivity index (χ0n) is 16.8. The maximum atomic E-state index is 12.4. The second-order valence-corrected chi connectivity index (χ2v) is 7.41. The SMILES string of the molecule is Cc1nccn1-c1ccc(NC(=O)c2ccc(NC(=O)OC(C)(C)C)cc2)cn1. The minimum atomic E-state index is -0.579. The van der Waals surface area contributed by atoms with E-state index in [0.717, 1.165) is 11.6 Å². The Balaban J connectivity index is 1.61. The van der Waals surface area contributed by atoms with Gasteiger partial charge in [0, 0.05) is 23.6 Å². The molecule has 150 valence electrons. The summed E-state index contributed by atoms with van der Waals surface area (Å²) in [6.07, 6.45) is 4.57. The Morgan fingerprint density at radius 1 is 0.966 bits per heavy atom. The van der Waals surface area contributed by atoms with Crippen molar-refractivity contribution in [1.29, 1.82) is 0 Å². The number of pyridine rings is 1. The molecule has 0 spiro atoms. The molecule has 2 N–H and O–H groups in total. The van der Waals surface area contributed by atoms with Gasteiger partial charge in [0.1, 0.15) is 17.2 Å². The van der Waals surface area contributed by atoms with Crippen molar-refractivity contribution >= 4 is 23.4 Å². The predicted octanol–water partition coefficient (Wildman–Crippen LogP) is 4.18. The highest BCUT2D eigenvalue weighted by molar-refractivity contribution is 6.04. The van der Waals surface area contributed by atoms with E-state index >= 15 is 0 Å². The number of carbonyl (C=O) groups is 2. The minimum Gasteiger partial charge on any atom is -0.444 e. The maximum absolute atomic E-state index is 12.4. The van der Waals surface area contributed by atoms with E-state index in [9.17, 15) is 9.59 Å². The van der Waals surface area contributed by atoms with E-state index in [0.29, 0.717) is 16.9 Å². The van der Waals surface area contributed by atoms with Gasteiger partial charge in [-0.1, -0.05) is 0 Å². The van der Waals surface area contributed by atoms with Crippen LogP contribution in [-0.4, -0.2) is 32.1 Å². The third-order valence-electron chi connectivity index (χ3n) is 3.87. The Kier molecular flexibility index (Phi) is 5.63. The Hall–Kier alpha value is -3.68. The van der Waals surface area contributed by atoms with Crippen LogP contribution in [0, 0.1) is 6.92 Å². The van der Waals surface area contributed by atoms with Crippen LogP contribution in [0.4, 0.5) is 16.2 Å². The summed E-state index contributed by atoms with van der Waals surface area (Å²) in [5.74, 6) is 1.27. The van der Waals surface area contributed by atoms with E-state index in [1.807, 2.05) is 17.7 Å². The van der Waals surface area contributed by atoms with E-state index in [1.54, 1.807) is 69.6 Å². The summed E-state index contributed by atoms with van der Waals surface area (Å²) in [5, 5.41) is 5.43. The quantitative estimate of drug-likeness (QED) is 0.693. The molecule has 8 nitrogen and oxygen atoms in total. The monoisotopic (exact) mass is 393 g/mol. The zero-order chi connectivity index (χ0) is 21.0. The van der Waals surface area contributed by atoms with Crippen LogP contribution in [0.5, 0.6) is 0 Å². The molecule has 1 aromatic carbocycles. The van der Waals surface area contributed by atoms with Gasteiger partial charge >= 0.3 is 6.09 Å². The number of hydrogen-bond donors (Lipinski definition) is 2. The second kappa shape index (κ2) is 8.14. The van der Waals surface area contributed by atoms with Crippen LogP contribution in [0.3, 0.4) is 0 Å². The normalized spacial score (nSPS) is 11.0. The van der Waals surface area contributed by atoms with Crippen LogP contribution in [-0.2, 0) is 4.74 Å². The van der Waals surface area contributed by atoms with Crippen LogP contribution in [0.15, 0.2) is 55.0 Å². The number of anilines is 2. The van der Waals surface area contributed by atoms with E-state index in [-0.39, 0.29) is 5.91 Å². The molecule has 2 heterocycles. The number of carbonyl (C=O) groups excluding carboxylic acids is 2. The van der Waals surface area contributed by atoms with Crippen LogP contribution in [0.2, 0.25) is 0 Å². The van der Waals surface area contributed by atoms with Gasteiger partial charge < -0.3 is 10.1 Å². The van der Waals surface area contributed by atoms with Gasteiger partial charge in [0.2, 0.25) is 0 Å². The lowest BCUT2D eigenvalue weighted by atomic mass is 10.2. The molecule has 2 amide bonds. The minimum absolute atomic E-state index is 0.276. The first-order chi connectivity index (χ1) is 13.7. The van der Waals surface area contributed by atoms with Gasteiger partial charge in [-0.25, -0.2) is 14.8 Å². The van der Waals surface area contributed by atoms with Crippen LogP contribution in [0.1, 0.15) is 37.0 Å². The van der Waals surface area contributed by atoms with E-state index < -0.39 is 11.7 Å². The zero-order valence-corrected chi connectivity index (χ0v) is 16.8. The first-order valence-corrected chi connectivity index (χ1v) is 9.09. The van der Waals surface area contributed by atoms with Crippen LogP contribution < -0.4 is 10.6 Å². The van der Waals surface area contributed by atoms with Crippen molar-refractivity contribution in [1.82, 2.24) is 14.5 Å². The first-order valence-electron chi connectivity index (χ1n) is 9.09. The lowest BCUT2D eigenvalue weighted by Crippen LogP contribution is -2.27. The van der Waals surface area contributed by atoms with Crippen LogP contribution >= 0.6 is 0 Å². The number of imidazole rings is 1. The molecule has 0 saturated carbocycles. The third-order valence-corrected chi connectivity index (χ3v) is 3.87. The smallest absolute Gasteiger partial charge is 0.412 e. The number of hydrogen-bond acceptors (Lipinski definition) is 5. The number of rotatable bonds is 4. The molecule has 0 aliphatic heterocycles. The summed E-state index contributed by atoms with van der Waals surface area (Å²) in [7, 11) is 0. The largest absolute Gasteiger partial charge is 0.444 e. The Labute approximate surface area is 168 Å². The summed E-state index contributed by atoms with van der Waals surface area (Å²) >= 11 is 0. The number of nitrogens with zero attached hydrogens (tertiary/aromatic N) is 3. The molecule has 0 saturated heterocycles. The topological polar surface area (TPSA) is 98.1 Å². The van der Waals surface area contributed by atoms with Crippen molar-refractivity contribution in [3.8, 4) is 5.82 Å². The van der Waals surface area contributed by atoms with Gasteiger partial charge in [0.05, 0.1) is 11.9 Å². The third kappa shape index (κ3) is 5.41. The van der Waals surface area contributed by atoms with E-state index in [1.165, 1.54) is 0 Å².